The van der Waals surface area contributed by atoms with Gasteiger partial charge in [-0.3, -0.25) is 0 Å². The van der Waals surface area contributed by atoms with Crippen molar-refractivity contribution in [3.8, 4) is 0 Å². The molecule has 0 saturated heterocycles. The zero-order valence-corrected chi connectivity index (χ0v) is 7.27. The van der Waals surface area contributed by atoms with E-state index >= 15 is 0 Å². The van der Waals surface area contributed by atoms with E-state index in [0.29, 0.717) is 0 Å². The Kier molecular flexibility index (Phi) is 5.06. The van der Waals surface area contributed by atoms with Crippen LogP contribution in [0.1, 0.15) is 16.9 Å². The lowest BCUT2D eigenvalue weighted by atomic mass is 10.5. The average molecular weight is 160 g/mol. The minimum atomic E-state index is 1.00. The zero-order valence-electron chi connectivity index (χ0n) is 6.46. The van der Waals surface area contributed by atoms with Gasteiger partial charge in [0.2, 0.25) is 0 Å². The largest absolute Gasteiger partial charge is 0.400 e. The summed E-state index contributed by atoms with van der Waals surface area (Å²) in [7, 11) is 1.00. The van der Waals surface area contributed by atoms with E-state index in [0.717, 1.165) is 23.5 Å². The molecular weight excluding hydrogens is 148 g/mol. The molecule has 0 saturated carbocycles. The molecule has 0 aliphatic heterocycles. The third-order valence-electron chi connectivity index (χ3n) is 0.870. The van der Waals surface area contributed by atoms with Crippen molar-refractivity contribution in [1.82, 2.24) is 10.2 Å². The molecule has 0 spiro atoms. The first kappa shape index (κ1) is 9.52. The van der Waals surface area contributed by atoms with Crippen molar-refractivity contribution in [1.29, 1.82) is 0 Å². The summed E-state index contributed by atoms with van der Waals surface area (Å²) in [4.78, 5) is 0. The van der Waals surface area contributed by atoms with Crippen LogP contribution < -0.4 is 0 Å². The molecule has 1 aromatic heterocycles. The fourth-order valence-electron chi connectivity index (χ4n) is 0.480. The van der Waals surface area contributed by atoms with Gasteiger partial charge in [-0.2, -0.15) is 0 Å². The summed E-state index contributed by atoms with van der Waals surface area (Å²) in [5, 5.41) is 16.9. The number of aryl methyl sites for hydroxylation is 2. The van der Waals surface area contributed by atoms with Crippen LogP contribution in [-0.2, 0) is 6.42 Å². The van der Waals surface area contributed by atoms with Crippen LogP contribution in [0.15, 0.2) is 0 Å². The molecule has 0 amide bonds. The highest BCUT2D eigenvalue weighted by molar-refractivity contribution is 7.11. The van der Waals surface area contributed by atoms with Crippen molar-refractivity contribution in [3.63, 3.8) is 0 Å². The first-order valence-corrected chi connectivity index (χ1v) is 3.88. The first-order chi connectivity index (χ1) is 4.83. The minimum Gasteiger partial charge on any atom is -0.400 e. The van der Waals surface area contributed by atoms with E-state index in [4.69, 9.17) is 5.11 Å². The molecule has 1 rings (SSSR count). The Balaban J connectivity index is 0.000000371. The number of aliphatic hydroxyl groups excluding tert-OH is 1. The summed E-state index contributed by atoms with van der Waals surface area (Å²) in [5.74, 6) is 0. The standard InChI is InChI=1S/C5H8N2S.CH4O/c1-3-5-7-6-4(2)8-5;1-2/h3H2,1-2H3;2H,1H3. The molecule has 58 valence electrons. The van der Waals surface area contributed by atoms with Gasteiger partial charge >= 0.3 is 0 Å². The van der Waals surface area contributed by atoms with Gasteiger partial charge < -0.3 is 5.11 Å². The van der Waals surface area contributed by atoms with Gasteiger partial charge in [-0.05, 0) is 13.3 Å². The monoisotopic (exact) mass is 160 g/mol. The van der Waals surface area contributed by atoms with Crippen LogP contribution in [0.4, 0.5) is 0 Å². The highest BCUT2D eigenvalue weighted by Gasteiger charge is 1.93. The van der Waals surface area contributed by atoms with E-state index in [2.05, 4.69) is 17.1 Å². The van der Waals surface area contributed by atoms with E-state index in [-0.39, 0.29) is 0 Å². The fourth-order valence-corrected chi connectivity index (χ4v) is 1.13. The molecule has 4 heteroatoms. The SMILES string of the molecule is CCc1nnc(C)s1.CO. The number of hydrogen-bond acceptors (Lipinski definition) is 4. The lowest BCUT2D eigenvalue weighted by Gasteiger charge is -1.75. The molecule has 1 aromatic rings. The number of hydrogen-bond donors (Lipinski definition) is 1. The second kappa shape index (κ2) is 5.32. The van der Waals surface area contributed by atoms with E-state index in [1.165, 1.54) is 0 Å². The van der Waals surface area contributed by atoms with Crippen LogP contribution in [0.25, 0.3) is 0 Å². The van der Waals surface area contributed by atoms with Crippen molar-refractivity contribution in [2.24, 2.45) is 0 Å². The third-order valence-corrected chi connectivity index (χ3v) is 1.85. The van der Waals surface area contributed by atoms with Gasteiger partial charge in [0.1, 0.15) is 10.0 Å². The molecule has 0 aliphatic carbocycles. The Morgan fingerprint density at radius 2 is 2.00 bits per heavy atom. The third kappa shape index (κ3) is 2.89. The molecular formula is C6H12N2OS. The van der Waals surface area contributed by atoms with Crippen LogP contribution in [0.2, 0.25) is 0 Å². The molecule has 0 unspecified atom stereocenters. The normalized spacial score (nSPS) is 8.40. The summed E-state index contributed by atoms with van der Waals surface area (Å²) >= 11 is 1.67. The maximum atomic E-state index is 7.00. The molecule has 1 heterocycles. The number of rotatable bonds is 1. The van der Waals surface area contributed by atoms with E-state index in [1.807, 2.05) is 6.92 Å². The molecule has 0 atom stereocenters. The number of aliphatic hydroxyl groups is 1. The quantitative estimate of drug-likeness (QED) is 0.667. The molecule has 0 aromatic carbocycles. The number of aromatic nitrogens is 2. The van der Waals surface area contributed by atoms with E-state index in [1.54, 1.807) is 11.3 Å². The van der Waals surface area contributed by atoms with Crippen LogP contribution in [0.5, 0.6) is 0 Å². The second-order valence-electron chi connectivity index (χ2n) is 1.57. The molecule has 0 aliphatic rings. The van der Waals surface area contributed by atoms with Crippen LogP contribution in [0.3, 0.4) is 0 Å². The van der Waals surface area contributed by atoms with Crippen LogP contribution in [-0.4, -0.2) is 22.4 Å². The Bertz CT molecular complexity index is 176. The molecule has 0 bridgehead atoms. The summed E-state index contributed by atoms with van der Waals surface area (Å²) in [6.07, 6.45) is 1.01. The Morgan fingerprint density at radius 3 is 2.20 bits per heavy atom. The maximum absolute atomic E-state index is 7.00. The second-order valence-corrected chi connectivity index (χ2v) is 2.83. The molecule has 1 N–H and O–H groups in total. The van der Waals surface area contributed by atoms with Crippen molar-refractivity contribution >= 4 is 11.3 Å². The lowest BCUT2D eigenvalue weighted by Crippen LogP contribution is -1.74. The van der Waals surface area contributed by atoms with Gasteiger partial charge in [0, 0.05) is 7.11 Å². The zero-order chi connectivity index (χ0) is 7.98. The van der Waals surface area contributed by atoms with Crippen molar-refractivity contribution in [2.45, 2.75) is 20.3 Å². The van der Waals surface area contributed by atoms with Gasteiger partial charge in [-0.1, -0.05) is 6.92 Å². The summed E-state index contributed by atoms with van der Waals surface area (Å²) in [6.45, 7) is 4.05. The summed E-state index contributed by atoms with van der Waals surface area (Å²) in [5.41, 5.74) is 0. The van der Waals surface area contributed by atoms with Crippen LogP contribution in [0, 0.1) is 6.92 Å². The molecule has 0 fully saturated rings. The minimum absolute atomic E-state index is 1.00. The lowest BCUT2D eigenvalue weighted by molar-refractivity contribution is 0.399. The maximum Gasteiger partial charge on any atom is 0.117 e. The van der Waals surface area contributed by atoms with Crippen molar-refractivity contribution in [3.05, 3.63) is 10.0 Å². The van der Waals surface area contributed by atoms with Gasteiger partial charge in [0.15, 0.2) is 0 Å². The smallest absolute Gasteiger partial charge is 0.117 e. The predicted octanol–water partition coefficient (Wildman–Crippen LogP) is 1.02. The van der Waals surface area contributed by atoms with Crippen molar-refractivity contribution in [2.75, 3.05) is 7.11 Å². The van der Waals surface area contributed by atoms with Gasteiger partial charge in [0.25, 0.3) is 0 Å². The highest BCUT2D eigenvalue weighted by atomic mass is 32.1. The predicted molar refractivity (Wildman–Crippen MR) is 42.2 cm³/mol. The summed E-state index contributed by atoms with van der Waals surface area (Å²) in [6, 6.07) is 0. The van der Waals surface area contributed by atoms with Gasteiger partial charge in [0.05, 0.1) is 0 Å². The highest BCUT2D eigenvalue weighted by Crippen LogP contribution is 2.06. The van der Waals surface area contributed by atoms with Gasteiger partial charge in [-0.25, -0.2) is 0 Å². The van der Waals surface area contributed by atoms with E-state index in [9.17, 15) is 0 Å². The molecule has 10 heavy (non-hydrogen) atoms. The molecule has 0 radical (unpaired) electrons. The Morgan fingerprint density at radius 1 is 1.40 bits per heavy atom. The van der Waals surface area contributed by atoms with Crippen molar-refractivity contribution < 1.29 is 5.11 Å². The first-order valence-electron chi connectivity index (χ1n) is 3.06. The number of nitrogens with zero attached hydrogens (tertiary/aromatic N) is 2. The van der Waals surface area contributed by atoms with E-state index < -0.39 is 0 Å². The Labute approximate surface area is 64.7 Å². The van der Waals surface area contributed by atoms with Gasteiger partial charge in [-0.15, -0.1) is 21.5 Å². The average Bonchev–Trinajstić information content (AvgIpc) is 2.40. The fraction of sp³-hybridized carbons (Fsp3) is 0.667. The van der Waals surface area contributed by atoms with Crippen LogP contribution >= 0.6 is 11.3 Å². The molecule has 3 nitrogen and oxygen atoms in total. The Hall–Kier alpha value is -0.480. The topological polar surface area (TPSA) is 46.0 Å². The summed E-state index contributed by atoms with van der Waals surface area (Å²) < 4.78 is 0.